The molecule has 0 aromatic rings. The molecular weight excluding hydrogens is 283 g/mol. The normalized spacial score (nSPS) is 24.4. The second kappa shape index (κ2) is 8.85. The van der Waals surface area contributed by atoms with Gasteiger partial charge in [0.25, 0.3) is 0 Å². The molecule has 0 aromatic carbocycles. The number of likely N-dealkylation sites (tertiary alicyclic amines) is 1. The molecule has 128 valence electrons. The lowest BCUT2D eigenvalue weighted by Crippen LogP contribution is -2.49. The zero-order chi connectivity index (χ0) is 15.8. The first kappa shape index (κ1) is 17.7. The molecule has 0 amide bonds. The Morgan fingerprint density at radius 3 is 2.86 bits per heavy atom. The maximum Gasteiger partial charge on any atom is 0.125 e. The maximum atomic E-state index is 14.6. The molecule has 0 saturated carbocycles. The van der Waals surface area contributed by atoms with E-state index in [2.05, 4.69) is 11.4 Å². The summed E-state index contributed by atoms with van der Waals surface area (Å²) in [5, 5.41) is 12.7. The van der Waals surface area contributed by atoms with E-state index in [0.29, 0.717) is 45.6 Å². The largest absolute Gasteiger partial charge is 0.497 e. The number of nitrogens with one attached hydrogen (secondary N) is 1. The van der Waals surface area contributed by atoms with Gasteiger partial charge in [-0.1, -0.05) is 6.42 Å². The summed E-state index contributed by atoms with van der Waals surface area (Å²) in [5.74, 6) is 1.11. The van der Waals surface area contributed by atoms with Gasteiger partial charge in [0.05, 0.1) is 5.76 Å². The molecule has 1 saturated heterocycles. The zero-order valence-corrected chi connectivity index (χ0v) is 13.8. The summed E-state index contributed by atoms with van der Waals surface area (Å²) in [7, 11) is 0. The smallest absolute Gasteiger partial charge is 0.125 e. The highest BCUT2D eigenvalue weighted by Crippen LogP contribution is 2.26. The van der Waals surface area contributed by atoms with Crippen LogP contribution in [0.2, 0.25) is 0 Å². The van der Waals surface area contributed by atoms with Gasteiger partial charge in [-0.25, -0.2) is 4.39 Å². The number of aliphatic hydroxyl groups excluding tert-OH is 1. The molecule has 2 aliphatic rings. The first-order valence-corrected chi connectivity index (χ1v) is 8.73. The van der Waals surface area contributed by atoms with Crippen molar-refractivity contribution in [1.82, 2.24) is 10.2 Å². The molecule has 0 aromatic heterocycles. The molecule has 1 unspecified atom stereocenters. The van der Waals surface area contributed by atoms with E-state index in [1.165, 1.54) is 19.3 Å². The molecule has 1 fully saturated rings. The predicted octanol–water partition coefficient (Wildman–Crippen LogP) is 2.58. The van der Waals surface area contributed by atoms with Crippen LogP contribution in [0.25, 0.3) is 0 Å². The molecule has 0 radical (unpaired) electrons. The Morgan fingerprint density at radius 1 is 1.36 bits per heavy atom. The third-order valence-electron chi connectivity index (χ3n) is 4.73. The van der Waals surface area contributed by atoms with Crippen LogP contribution >= 0.6 is 0 Å². The van der Waals surface area contributed by atoms with Crippen molar-refractivity contribution >= 4 is 0 Å². The fraction of sp³-hybridized carbons (Fsp3) is 0.882. The average molecular weight is 314 g/mol. The molecule has 22 heavy (non-hydrogen) atoms. The summed E-state index contributed by atoms with van der Waals surface area (Å²) in [4.78, 5) is 1.92. The molecule has 1 aliphatic carbocycles. The third-order valence-corrected chi connectivity index (χ3v) is 4.73. The van der Waals surface area contributed by atoms with Gasteiger partial charge in [0.2, 0.25) is 0 Å². The van der Waals surface area contributed by atoms with Crippen molar-refractivity contribution in [2.45, 2.75) is 63.8 Å². The number of hydrogen-bond acceptors (Lipinski definition) is 4. The van der Waals surface area contributed by atoms with E-state index in [1.807, 2.05) is 4.90 Å². The minimum Gasteiger partial charge on any atom is -0.497 e. The van der Waals surface area contributed by atoms with Crippen LogP contribution in [0.1, 0.15) is 51.9 Å². The fourth-order valence-corrected chi connectivity index (χ4v) is 3.16. The quantitative estimate of drug-likeness (QED) is 0.709. The molecule has 1 aliphatic heterocycles. The monoisotopic (exact) mass is 314 g/mol. The Morgan fingerprint density at radius 2 is 2.14 bits per heavy atom. The van der Waals surface area contributed by atoms with Gasteiger partial charge in [-0.15, -0.1) is 0 Å². The van der Waals surface area contributed by atoms with Crippen molar-refractivity contribution in [2.75, 3.05) is 32.8 Å². The van der Waals surface area contributed by atoms with Crippen LogP contribution in [-0.4, -0.2) is 54.7 Å². The van der Waals surface area contributed by atoms with Crippen LogP contribution in [-0.2, 0) is 4.74 Å². The number of allylic oxidation sites excluding steroid dienone is 2. The van der Waals surface area contributed by atoms with Crippen LogP contribution < -0.4 is 5.32 Å². The Labute approximate surface area is 133 Å². The van der Waals surface area contributed by atoms with Crippen molar-refractivity contribution in [1.29, 1.82) is 0 Å². The van der Waals surface area contributed by atoms with Gasteiger partial charge in [-0.05, 0) is 45.1 Å². The summed E-state index contributed by atoms with van der Waals surface area (Å²) in [6, 6.07) is 0. The molecule has 2 N–H and O–H groups in total. The lowest BCUT2D eigenvalue weighted by atomic mass is 9.93. The number of nitrogens with zero attached hydrogens (tertiary/aromatic N) is 1. The highest BCUT2D eigenvalue weighted by atomic mass is 19.1. The Kier molecular flexibility index (Phi) is 7.12. The van der Waals surface area contributed by atoms with Gasteiger partial charge in [0.1, 0.15) is 18.5 Å². The van der Waals surface area contributed by atoms with E-state index in [0.717, 1.165) is 18.6 Å². The second-order valence-electron chi connectivity index (χ2n) is 6.61. The number of hydrogen-bond donors (Lipinski definition) is 2. The fourth-order valence-electron chi connectivity index (χ4n) is 3.16. The molecular formula is C17H31FN2O2. The first-order chi connectivity index (χ1) is 10.6. The van der Waals surface area contributed by atoms with Gasteiger partial charge in [-0.3, -0.25) is 4.90 Å². The summed E-state index contributed by atoms with van der Waals surface area (Å²) < 4.78 is 20.4. The summed E-state index contributed by atoms with van der Waals surface area (Å²) in [5.41, 5.74) is -1.15. The summed E-state index contributed by atoms with van der Waals surface area (Å²) in [6.45, 7) is 4.66. The van der Waals surface area contributed by atoms with Crippen LogP contribution in [0.5, 0.6) is 0 Å². The van der Waals surface area contributed by atoms with Crippen LogP contribution in [0, 0.1) is 0 Å². The van der Waals surface area contributed by atoms with Gasteiger partial charge in [0, 0.05) is 32.6 Å². The van der Waals surface area contributed by atoms with Crippen molar-refractivity contribution in [3.05, 3.63) is 11.8 Å². The number of halogens is 1. The lowest BCUT2D eigenvalue weighted by Gasteiger charge is -2.37. The Balaban J connectivity index is 1.57. The number of alkyl halides is 1. The molecule has 2 rings (SSSR count). The third kappa shape index (κ3) is 5.86. The minimum atomic E-state index is -1.15. The average Bonchev–Trinajstić information content (AvgIpc) is 2.76. The lowest BCUT2D eigenvalue weighted by molar-refractivity contribution is -0.0329. The van der Waals surface area contributed by atoms with Gasteiger partial charge in [-0.2, -0.15) is 0 Å². The van der Waals surface area contributed by atoms with E-state index in [4.69, 9.17) is 4.74 Å². The highest BCUT2D eigenvalue weighted by Gasteiger charge is 2.34. The van der Waals surface area contributed by atoms with E-state index < -0.39 is 11.9 Å². The van der Waals surface area contributed by atoms with Crippen molar-refractivity contribution in [3.63, 3.8) is 0 Å². The topological polar surface area (TPSA) is 44.7 Å². The second-order valence-corrected chi connectivity index (χ2v) is 6.61. The predicted molar refractivity (Wildman–Crippen MR) is 86.3 cm³/mol. The van der Waals surface area contributed by atoms with Crippen LogP contribution in [0.15, 0.2) is 11.8 Å². The van der Waals surface area contributed by atoms with Crippen LogP contribution in [0.4, 0.5) is 4.39 Å². The van der Waals surface area contributed by atoms with Crippen molar-refractivity contribution < 1.29 is 14.2 Å². The van der Waals surface area contributed by atoms with Crippen molar-refractivity contribution in [2.24, 2.45) is 0 Å². The van der Waals surface area contributed by atoms with Crippen molar-refractivity contribution in [3.8, 4) is 0 Å². The van der Waals surface area contributed by atoms with Gasteiger partial charge >= 0.3 is 0 Å². The number of ether oxygens (including phenoxy) is 1. The van der Waals surface area contributed by atoms with Crippen LogP contribution in [0.3, 0.4) is 0 Å². The summed E-state index contributed by atoms with van der Waals surface area (Å²) >= 11 is 0. The van der Waals surface area contributed by atoms with Gasteiger partial charge in [0.15, 0.2) is 0 Å². The highest BCUT2D eigenvalue weighted by molar-refractivity contribution is 4.95. The van der Waals surface area contributed by atoms with E-state index in [9.17, 15) is 9.50 Å². The molecule has 1 heterocycles. The number of piperidine rings is 1. The zero-order valence-electron chi connectivity index (χ0n) is 13.8. The molecule has 5 heteroatoms. The Hall–Kier alpha value is -0.650. The molecule has 4 nitrogen and oxygen atoms in total. The first-order valence-electron chi connectivity index (χ1n) is 8.73. The SMILES string of the molecule is CC(O)N1CCC(F)(CNCCOC2=CCCCCC2)CC1. The molecule has 0 bridgehead atoms. The van der Waals surface area contributed by atoms with E-state index >= 15 is 0 Å². The Bertz CT molecular complexity index is 353. The van der Waals surface area contributed by atoms with Gasteiger partial charge < -0.3 is 15.2 Å². The molecule has 1 atom stereocenters. The minimum absolute atomic E-state index is 0.378. The standard InChI is InChI=1S/C17H31FN2O2/c1-15(21)20-11-8-17(18,9-12-20)14-19-10-13-22-16-6-4-2-3-5-7-16/h6,15,19,21H,2-5,7-14H2,1H3. The number of aliphatic hydroxyl groups is 1. The molecule has 0 spiro atoms. The summed E-state index contributed by atoms with van der Waals surface area (Å²) in [6.07, 6.45) is 8.63. The number of rotatable bonds is 7. The van der Waals surface area contributed by atoms with E-state index in [-0.39, 0.29) is 0 Å². The van der Waals surface area contributed by atoms with E-state index in [1.54, 1.807) is 6.92 Å². The maximum absolute atomic E-state index is 14.6.